The van der Waals surface area contributed by atoms with Gasteiger partial charge in [0.1, 0.15) is 6.54 Å². The summed E-state index contributed by atoms with van der Waals surface area (Å²) in [5.41, 5.74) is 0.964. The molecule has 0 radical (unpaired) electrons. The van der Waals surface area contributed by atoms with E-state index in [0.717, 1.165) is 4.90 Å². The van der Waals surface area contributed by atoms with Gasteiger partial charge >= 0.3 is 0 Å². The topological polar surface area (TPSA) is 108 Å². The first-order valence-electron chi connectivity index (χ1n) is 8.08. The average molecular weight is 431 g/mol. The smallest absolute Gasteiger partial charge is 0.262 e. The van der Waals surface area contributed by atoms with Gasteiger partial charge in [0.05, 0.1) is 16.7 Å². The molecule has 138 valence electrons. The summed E-state index contributed by atoms with van der Waals surface area (Å²) in [6, 6.07) is 8.05. The van der Waals surface area contributed by atoms with Gasteiger partial charge in [-0.05, 0) is 30.3 Å². The molecule has 1 aromatic heterocycles. The molecule has 8 nitrogen and oxygen atoms in total. The van der Waals surface area contributed by atoms with Crippen molar-refractivity contribution < 1.29 is 19.2 Å². The van der Waals surface area contributed by atoms with Crippen LogP contribution in [0.25, 0.3) is 0 Å². The molecule has 0 saturated carbocycles. The summed E-state index contributed by atoms with van der Waals surface area (Å²) < 4.78 is 0.679. The van der Waals surface area contributed by atoms with E-state index < -0.39 is 17.7 Å². The second-order valence-corrected chi connectivity index (χ2v) is 6.65. The van der Waals surface area contributed by atoms with E-state index in [4.69, 9.17) is 0 Å². The molecule has 1 aromatic carbocycles. The minimum Gasteiger partial charge on any atom is -0.353 e. The number of fused-ring (bicyclic) bond motifs is 1. The molecule has 4 amide bonds. The molecule has 1 aliphatic rings. The number of halogens is 1. The van der Waals surface area contributed by atoms with Gasteiger partial charge in [-0.15, -0.1) is 0 Å². The molecule has 0 bridgehead atoms. The van der Waals surface area contributed by atoms with Crippen LogP contribution >= 0.6 is 15.9 Å². The molecule has 9 heteroatoms. The molecule has 2 aromatic rings. The zero-order valence-corrected chi connectivity index (χ0v) is 15.7. The van der Waals surface area contributed by atoms with Crippen molar-refractivity contribution in [1.82, 2.24) is 20.5 Å². The molecule has 27 heavy (non-hydrogen) atoms. The fraction of sp³-hybridized carbons (Fsp3) is 0.167. The lowest BCUT2D eigenvalue weighted by molar-refractivity contribution is -0.121. The number of carbonyl (C=O) groups excluding carboxylic acids is 4. The molecule has 0 spiro atoms. The number of rotatable bonds is 6. The van der Waals surface area contributed by atoms with Crippen molar-refractivity contribution in [3.63, 3.8) is 0 Å². The zero-order chi connectivity index (χ0) is 19.4. The van der Waals surface area contributed by atoms with Crippen molar-refractivity contribution in [2.75, 3.05) is 19.6 Å². The summed E-state index contributed by atoms with van der Waals surface area (Å²) in [6.45, 7) is -0.00535. The number of nitrogens with one attached hydrogen (secondary N) is 2. The number of imide groups is 1. The van der Waals surface area contributed by atoms with Crippen molar-refractivity contribution in [1.29, 1.82) is 0 Å². The van der Waals surface area contributed by atoms with E-state index in [2.05, 4.69) is 31.5 Å². The number of pyridine rings is 1. The fourth-order valence-corrected chi connectivity index (χ4v) is 2.94. The van der Waals surface area contributed by atoms with Gasteiger partial charge in [-0.2, -0.15) is 0 Å². The Morgan fingerprint density at radius 1 is 1.04 bits per heavy atom. The first kappa shape index (κ1) is 18.7. The highest BCUT2D eigenvalue weighted by atomic mass is 79.9. The minimum atomic E-state index is -0.503. The van der Waals surface area contributed by atoms with E-state index in [-0.39, 0.29) is 36.7 Å². The molecule has 1 aliphatic heterocycles. The predicted molar refractivity (Wildman–Crippen MR) is 99.1 cm³/mol. The van der Waals surface area contributed by atoms with E-state index in [1.54, 1.807) is 36.5 Å². The number of amides is 4. The highest BCUT2D eigenvalue weighted by Gasteiger charge is 2.36. The number of benzene rings is 1. The second kappa shape index (κ2) is 8.09. The number of hydrogen-bond donors (Lipinski definition) is 2. The molecule has 0 saturated heterocycles. The fourth-order valence-electron chi connectivity index (χ4n) is 2.58. The van der Waals surface area contributed by atoms with Crippen LogP contribution in [0.5, 0.6) is 0 Å². The summed E-state index contributed by atoms with van der Waals surface area (Å²) in [6.07, 6.45) is 3.00. The Hall–Kier alpha value is -3.07. The van der Waals surface area contributed by atoms with Crippen LogP contribution in [0, 0.1) is 0 Å². The number of hydrogen-bond acceptors (Lipinski definition) is 5. The Morgan fingerprint density at radius 3 is 2.52 bits per heavy atom. The van der Waals surface area contributed by atoms with E-state index in [1.165, 1.54) is 6.20 Å². The van der Waals surface area contributed by atoms with Crippen LogP contribution in [0.1, 0.15) is 31.1 Å². The highest BCUT2D eigenvalue weighted by molar-refractivity contribution is 9.10. The van der Waals surface area contributed by atoms with Crippen LogP contribution < -0.4 is 10.6 Å². The van der Waals surface area contributed by atoms with Crippen molar-refractivity contribution in [2.24, 2.45) is 0 Å². The van der Waals surface area contributed by atoms with Crippen LogP contribution in [0.3, 0.4) is 0 Å². The molecule has 0 unspecified atom stereocenters. The van der Waals surface area contributed by atoms with Gasteiger partial charge < -0.3 is 10.6 Å². The molecule has 2 heterocycles. The maximum absolute atomic E-state index is 12.3. The van der Waals surface area contributed by atoms with Crippen molar-refractivity contribution in [3.05, 3.63) is 63.9 Å². The zero-order valence-electron chi connectivity index (χ0n) is 14.1. The van der Waals surface area contributed by atoms with Gasteiger partial charge in [-0.25, -0.2) is 0 Å². The van der Waals surface area contributed by atoms with E-state index in [1.807, 2.05) is 0 Å². The third-order valence-corrected chi connectivity index (χ3v) is 4.38. The normalized spacial score (nSPS) is 12.7. The van der Waals surface area contributed by atoms with Gasteiger partial charge in [0.15, 0.2) is 0 Å². The van der Waals surface area contributed by atoms with Gasteiger partial charge in [0, 0.05) is 30.0 Å². The Labute approximate surface area is 163 Å². The minimum absolute atomic E-state index is 0.166. The predicted octanol–water partition coefficient (Wildman–Crippen LogP) is 0.986. The van der Waals surface area contributed by atoms with Crippen molar-refractivity contribution in [3.8, 4) is 0 Å². The lowest BCUT2D eigenvalue weighted by Gasteiger charge is -2.13. The molecular formula is C18H15BrN4O4. The summed E-state index contributed by atoms with van der Waals surface area (Å²) in [7, 11) is 0. The highest BCUT2D eigenvalue weighted by Crippen LogP contribution is 2.25. The lowest BCUT2D eigenvalue weighted by atomic mass is 10.1. The standard InChI is InChI=1S/C18H15BrN4O4/c19-12-3-4-13-14(8-12)18(27)23(17(13)26)10-15(24)21-6-7-22-16(25)11-2-1-5-20-9-11/h1-5,8-9H,6-7,10H2,(H,21,24)(H,22,25). The van der Waals surface area contributed by atoms with Gasteiger partial charge in [-0.1, -0.05) is 15.9 Å². The van der Waals surface area contributed by atoms with Gasteiger partial charge in [0.25, 0.3) is 17.7 Å². The Bertz CT molecular complexity index is 917. The van der Waals surface area contributed by atoms with Crippen LogP contribution in [-0.2, 0) is 4.79 Å². The summed E-state index contributed by atoms with van der Waals surface area (Å²) >= 11 is 3.25. The van der Waals surface area contributed by atoms with Crippen molar-refractivity contribution >= 4 is 39.6 Å². The molecule has 0 fully saturated rings. The molecular weight excluding hydrogens is 416 g/mol. The first-order chi connectivity index (χ1) is 13.0. The molecule has 0 aliphatic carbocycles. The van der Waals surface area contributed by atoms with Crippen LogP contribution in [-0.4, -0.2) is 53.1 Å². The van der Waals surface area contributed by atoms with Gasteiger partial charge in [-0.3, -0.25) is 29.1 Å². The van der Waals surface area contributed by atoms with Gasteiger partial charge in [0.2, 0.25) is 5.91 Å². The second-order valence-electron chi connectivity index (χ2n) is 5.73. The Morgan fingerprint density at radius 2 is 1.78 bits per heavy atom. The monoisotopic (exact) mass is 430 g/mol. The molecule has 2 N–H and O–H groups in total. The maximum Gasteiger partial charge on any atom is 0.262 e. The van der Waals surface area contributed by atoms with Crippen molar-refractivity contribution in [2.45, 2.75) is 0 Å². The Kier molecular flexibility index (Phi) is 5.60. The quantitative estimate of drug-likeness (QED) is 0.524. The molecule has 3 rings (SSSR count). The molecule has 0 atom stereocenters. The van der Waals surface area contributed by atoms with Crippen LogP contribution in [0.4, 0.5) is 0 Å². The summed E-state index contributed by atoms with van der Waals surface area (Å²) in [4.78, 5) is 53.2. The summed E-state index contributed by atoms with van der Waals surface area (Å²) in [5, 5.41) is 5.21. The van der Waals surface area contributed by atoms with E-state index >= 15 is 0 Å². The van der Waals surface area contributed by atoms with E-state index in [9.17, 15) is 19.2 Å². The van der Waals surface area contributed by atoms with E-state index in [0.29, 0.717) is 10.0 Å². The first-order valence-corrected chi connectivity index (χ1v) is 8.87. The van der Waals surface area contributed by atoms with Crippen LogP contribution in [0.15, 0.2) is 47.2 Å². The lowest BCUT2D eigenvalue weighted by Crippen LogP contribution is -2.42. The summed E-state index contributed by atoms with van der Waals surface area (Å²) in [5.74, 6) is -1.79. The third-order valence-electron chi connectivity index (χ3n) is 3.89. The average Bonchev–Trinajstić information content (AvgIpc) is 2.90. The third kappa shape index (κ3) is 4.20. The maximum atomic E-state index is 12.3. The SMILES string of the molecule is O=C(CN1C(=O)c2ccc(Br)cc2C1=O)NCCNC(=O)c1cccnc1. The number of aromatic nitrogens is 1. The Balaban J connectivity index is 1.47. The number of nitrogens with zero attached hydrogens (tertiary/aromatic N) is 2. The largest absolute Gasteiger partial charge is 0.353 e. The number of carbonyl (C=O) groups is 4. The van der Waals surface area contributed by atoms with Crippen LogP contribution in [0.2, 0.25) is 0 Å².